The van der Waals surface area contributed by atoms with Crippen LogP contribution in [0.3, 0.4) is 0 Å². The highest BCUT2D eigenvalue weighted by atomic mass is 19.4. The molecular formula is C27H10F10. The van der Waals surface area contributed by atoms with E-state index in [1.807, 2.05) is 0 Å². The highest BCUT2D eigenvalue weighted by molar-refractivity contribution is 6.21. The molecule has 0 aliphatic rings. The van der Waals surface area contributed by atoms with Crippen molar-refractivity contribution in [3.63, 3.8) is 0 Å². The Balaban J connectivity index is 2.08. The first-order chi connectivity index (χ1) is 17.4. The fraction of sp³-hybridized carbons (Fsp3) is 0.0370. The van der Waals surface area contributed by atoms with Crippen LogP contribution < -0.4 is 0 Å². The topological polar surface area (TPSA) is 0 Å². The predicted molar refractivity (Wildman–Crippen MR) is 117 cm³/mol. The maximum atomic E-state index is 15.1. The summed E-state index contributed by atoms with van der Waals surface area (Å²) >= 11 is 0. The van der Waals surface area contributed by atoms with Gasteiger partial charge >= 0.3 is 6.18 Å². The minimum atomic E-state index is -5.79. The molecule has 0 amide bonds. The summed E-state index contributed by atoms with van der Waals surface area (Å²) in [5.41, 5.74) is -4.75. The van der Waals surface area contributed by atoms with Crippen molar-refractivity contribution in [1.29, 1.82) is 0 Å². The van der Waals surface area contributed by atoms with Crippen LogP contribution in [-0.2, 0) is 6.18 Å². The van der Waals surface area contributed by atoms with Gasteiger partial charge in [-0.05, 0) is 56.9 Å². The Hall–Kier alpha value is -4.08. The average molecular weight is 524 g/mol. The van der Waals surface area contributed by atoms with E-state index in [1.165, 1.54) is 0 Å². The molecule has 5 aromatic carbocycles. The summed E-state index contributed by atoms with van der Waals surface area (Å²) in [5, 5.41) is -1.12. The summed E-state index contributed by atoms with van der Waals surface area (Å²) < 4.78 is 142. The molecule has 0 aliphatic heterocycles. The first kappa shape index (κ1) is 24.6. The van der Waals surface area contributed by atoms with Crippen LogP contribution >= 0.6 is 0 Å². The molecule has 0 spiro atoms. The SMILES string of the molecule is Fc1ccc2c(-c3ccccc3)c3cc(F)c(F)cc3c(-c3c(F)c(F)c(C(F)(F)F)c(F)c3F)c2c1. The molecule has 5 rings (SSSR count). The molecule has 10 heteroatoms. The second kappa shape index (κ2) is 8.50. The van der Waals surface area contributed by atoms with Crippen molar-refractivity contribution in [3.8, 4) is 22.3 Å². The summed E-state index contributed by atoms with van der Waals surface area (Å²) in [4.78, 5) is 0. The van der Waals surface area contributed by atoms with Gasteiger partial charge in [0.15, 0.2) is 34.9 Å². The Kier molecular flexibility index (Phi) is 5.65. The van der Waals surface area contributed by atoms with Crippen LogP contribution in [0.15, 0.2) is 60.7 Å². The van der Waals surface area contributed by atoms with Crippen molar-refractivity contribution in [1.82, 2.24) is 0 Å². The second-order valence-corrected chi connectivity index (χ2v) is 8.12. The molecule has 0 radical (unpaired) electrons. The molecule has 0 aliphatic carbocycles. The minimum absolute atomic E-state index is 0.000576. The average Bonchev–Trinajstić information content (AvgIpc) is 2.83. The molecule has 0 aromatic heterocycles. The number of hydrogen-bond acceptors (Lipinski definition) is 0. The summed E-state index contributed by atoms with van der Waals surface area (Å²) in [6, 6.07) is 11.9. The highest BCUT2D eigenvalue weighted by Crippen LogP contribution is 2.47. The van der Waals surface area contributed by atoms with Crippen molar-refractivity contribution in [2.45, 2.75) is 6.18 Å². The lowest BCUT2D eigenvalue weighted by Crippen LogP contribution is -2.16. The van der Waals surface area contributed by atoms with Crippen molar-refractivity contribution >= 4 is 21.5 Å². The summed E-state index contributed by atoms with van der Waals surface area (Å²) in [7, 11) is 0. The minimum Gasteiger partial charge on any atom is -0.207 e. The predicted octanol–water partition coefficient (Wildman–Crippen LogP) is 9.32. The van der Waals surface area contributed by atoms with Crippen LogP contribution in [0.4, 0.5) is 43.9 Å². The number of fused-ring (bicyclic) bond motifs is 2. The number of rotatable bonds is 2. The van der Waals surface area contributed by atoms with Gasteiger partial charge in [-0.15, -0.1) is 0 Å². The lowest BCUT2D eigenvalue weighted by Gasteiger charge is -2.20. The molecule has 0 saturated carbocycles. The molecule has 0 N–H and O–H groups in total. The monoisotopic (exact) mass is 524 g/mol. The van der Waals surface area contributed by atoms with E-state index in [2.05, 4.69) is 0 Å². The lowest BCUT2D eigenvalue weighted by atomic mass is 9.85. The molecule has 0 nitrogen and oxygen atoms in total. The van der Waals surface area contributed by atoms with Crippen LogP contribution in [-0.4, -0.2) is 0 Å². The van der Waals surface area contributed by atoms with E-state index in [0.29, 0.717) is 17.7 Å². The zero-order valence-corrected chi connectivity index (χ0v) is 18.1. The molecule has 0 atom stereocenters. The smallest absolute Gasteiger partial charge is 0.207 e. The normalized spacial score (nSPS) is 12.1. The second-order valence-electron chi connectivity index (χ2n) is 8.12. The Morgan fingerprint density at radius 2 is 0.973 bits per heavy atom. The van der Waals surface area contributed by atoms with Gasteiger partial charge in [0.25, 0.3) is 0 Å². The third kappa shape index (κ3) is 3.78. The van der Waals surface area contributed by atoms with Gasteiger partial charge in [-0.3, -0.25) is 0 Å². The van der Waals surface area contributed by atoms with Gasteiger partial charge in [-0.2, -0.15) is 13.2 Å². The Morgan fingerprint density at radius 3 is 1.51 bits per heavy atom. The lowest BCUT2D eigenvalue weighted by molar-refractivity contribution is -0.143. The zero-order valence-electron chi connectivity index (χ0n) is 18.1. The van der Waals surface area contributed by atoms with E-state index in [9.17, 15) is 35.1 Å². The van der Waals surface area contributed by atoms with Crippen LogP contribution in [0.25, 0.3) is 43.8 Å². The van der Waals surface area contributed by atoms with E-state index in [0.717, 1.165) is 18.2 Å². The van der Waals surface area contributed by atoms with E-state index >= 15 is 8.78 Å². The molecule has 37 heavy (non-hydrogen) atoms. The molecular weight excluding hydrogens is 514 g/mol. The third-order valence-electron chi connectivity index (χ3n) is 5.98. The van der Waals surface area contributed by atoms with Gasteiger partial charge in [-0.1, -0.05) is 36.4 Å². The fourth-order valence-electron chi connectivity index (χ4n) is 4.48. The van der Waals surface area contributed by atoms with Gasteiger partial charge in [0.05, 0.1) is 5.56 Å². The standard InChI is InChI=1S/C27H10F10/c28-12-6-7-13-14(8-12)20(21-23(31)25(33)22(27(35,36)37)26(34)24(21)32)16-10-18(30)17(29)9-15(16)19(13)11-4-2-1-3-5-11/h1-10H. The van der Waals surface area contributed by atoms with E-state index in [1.54, 1.807) is 30.3 Å². The van der Waals surface area contributed by atoms with Crippen LogP contribution in [0.5, 0.6) is 0 Å². The van der Waals surface area contributed by atoms with Crippen molar-refractivity contribution in [2.75, 3.05) is 0 Å². The first-order valence-electron chi connectivity index (χ1n) is 10.4. The van der Waals surface area contributed by atoms with Crippen LogP contribution in [0.2, 0.25) is 0 Å². The quantitative estimate of drug-likeness (QED) is 0.123. The van der Waals surface area contributed by atoms with Gasteiger partial charge in [0.2, 0.25) is 0 Å². The van der Waals surface area contributed by atoms with Gasteiger partial charge in [0.1, 0.15) is 11.4 Å². The van der Waals surface area contributed by atoms with E-state index in [-0.39, 0.29) is 16.3 Å². The van der Waals surface area contributed by atoms with Crippen molar-refractivity contribution in [2.24, 2.45) is 0 Å². The summed E-state index contributed by atoms with van der Waals surface area (Å²) in [5.74, 6) is -14.3. The Labute approximate surface area is 201 Å². The van der Waals surface area contributed by atoms with Crippen LogP contribution in [0, 0.1) is 40.7 Å². The van der Waals surface area contributed by atoms with Gasteiger partial charge in [-0.25, -0.2) is 30.7 Å². The molecule has 188 valence electrons. The van der Waals surface area contributed by atoms with Gasteiger partial charge in [0, 0.05) is 5.56 Å². The number of alkyl halides is 3. The zero-order chi connectivity index (χ0) is 26.8. The summed E-state index contributed by atoms with van der Waals surface area (Å²) in [6.45, 7) is 0. The largest absolute Gasteiger partial charge is 0.422 e. The molecule has 0 fully saturated rings. The molecule has 0 heterocycles. The highest BCUT2D eigenvalue weighted by Gasteiger charge is 2.43. The maximum absolute atomic E-state index is 15.1. The fourth-order valence-corrected chi connectivity index (χ4v) is 4.48. The Morgan fingerprint density at radius 1 is 0.459 bits per heavy atom. The molecule has 5 aromatic rings. The maximum Gasteiger partial charge on any atom is 0.422 e. The van der Waals surface area contributed by atoms with E-state index < -0.39 is 74.4 Å². The Bertz CT molecular complexity index is 1690. The third-order valence-corrected chi connectivity index (χ3v) is 5.98. The molecule has 0 bridgehead atoms. The summed E-state index contributed by atoms with van der Waals surface area (Å²) in [6.07, 6.45) is -5.79. The number of halogens is 10. The molecule has 0 unspecified atom stereocenters. The van der Waals surface area contributed by atoms with Gasteiger partial charge < -0.3 is 0 Å². The number of benzene rings is 5. The number of hydrogen-bond donors (Lipinski definition) is 0. The van der Waals surface area contributed by atoms with E-state index in [4.69, 9.17) is 0 Å². The first-order valence-corrected chi connectivity index (χ1v) is 10.4. The van der Waals surface area contributed by atoms with Crippen molar-refractivity contribution < 1.29 is 43.9 Å². The van der Waals surface area contributed by atoms with Crippen LogP contribution in [0.1, 0.15) is 5.56 Å². The van der Waals surface area contributed by atoms with Crippen molar-refractivity contribution in [3.05, 3.63) is 107 Å². The molecule has 0 saturated heterocycles.